The molecule has 1 heterocycles. The van der Waals surface area contributed by atoms with Gasteiger partial charge < -0.3 is 15.1 Å². The van der Waals surface area contributed by atoms with E-state index in [9.17, 15) is 0 Å². The Morgan fingerprint density at radius 3 is 2.60 bits per heavy atom. The van der Waals surface area contributed by atoms with Gasteiger partial charge in [0, 0.05) is 38.8 Å². The molecule has 1 aromatic rings. The first-order chi connectivity index (χ1) is 9.51. The van der Waals surface area contributed by atoms with Gasteiger partial charge in [0.1, 0.15) is 0 Å². The molecule has 1 saturated heterocycles. The topological polar surface area (TPSA) is 18.5 Å². The zero-order chi connectivity index (χ0) is 14.3. The minimum absolute atomic E-state index is 0.284. The number of hydrogen-bond acceptors (Lipinski definition) is 3. The lowest BCUT2D eigenvalue weighted by Crippen LogP contribution is -2.63. The molecule has 2 unspecified atom stereocenters. The maximum absolute atomic E-state index is 3.80. The fourth-order valence-corrected chi connectivity index (χ4v) is 3.46. The zero-order valence-corrected chi connectivity index (χ0v) is 13.2. The van der Waals surface area contributed by atoms with Gasteiger partial charge in [0.05, 0.1) is 11.4 Å². The van der Waals surface area contributed by atoms with Crippen molar-refractivity contribution in [3.63, 3.8) is 0 Å². The fourth-order valence-electron chi connectivity index (χ4n) is 3.46. The van der Waals surface area contributed by atoms with Gasteiger partial charge in [0.25, 0.3) is 0 Å². The lowest BCUT2D eigenvalue weighted by Gasteiger charge is -2.47. The SMILES string of the molecule is CC1CNC(C)(C2CC2)CN1c1ccccc1N(C)C. The highest BCUT2D eigenvalue weighted by molar-refractivity contribution is 5.71. The molecule has 2 fully saturated rings. The third-order valence-corrected chi connectivity index (χ3v) is 4.98. The van der Waals surface area contributed by atoms with Gasteiger partial charge >= 0.3 is 0 Å². The standard InChI is InChI=1S/C17H27N3/c1-13-11-18-17(2,14-9-10-14)12-20(13)16-8-6-5-7-15(16)19(3)4/h5-8,13-14,18H,9-12H2,1-4H3. The molecule has 0 radical (unpaired) electrons. The summed E-state index contributed by atoms with van der Waals surface area (Å²) in [4.78, 5) is 4.82. The van der Waals surface area contributed by atoms with E-state index < -0.39 is 0 Å². The molecule has 110 valence electrons. The van der Waals surface area contributed by atoms with Crippen molar-refractivity contribution in [2.24, 2.45) is 5.92 Å². The normalized spacial score (nSPS) is 30.4. The number of piperazine rings is 1. The number of nitrogens with one attached hydrogen (secondary N) is 1. The molecule has 3 heteroatoms. The quantitative estimate of drug-likeness (QED) is 0.913. The highest BCUT2D eigenvalue weighted by atomic mass is 15.3. The Hall–Kier alpha value is -1.22. The molecule has 1 aliphatic heterocycles. The third kappa shape index (κ3) is 2.39. The minimum Gasteiger partial charge on any atom is -0.376 e. The van der Waals surface area contributed by atoms with Crippen LogP contribution in [0.25, 0.3) is 0 Å². The second-order valence-electron chi connectivity index (χ2n) is 6.93. The maximum Gasteiger partial charge on any atom is 0.0607 e. The predicted octanol–water partition coefficient (Wildman–Crippen LogP) is 2.72. The van der Waals surface area contributed by atoms with E-state index in [4.69, 9.17) is 0 Å². The molecular weight excluding hydrogens is 246 g/mol. The van der Waals surface area contributed by atoms with Crippen molar-refractivity contribution in [3.05, 3.63) is 24.3 Å². The van der Waals surface area contributed by atoms with Gasteiger partial charge in [-0.3, -0.25) is 0 Å². The molecule has 0 spiro atoms. The highest BCUT2D eigenvalue weighted by Crippen LogP contribution is 2.43. The number of para-hydroxylation sites is 2. The molecule has 1 aromatic carbocycles. The molecule has 0 aromatic heterocycles. The summed E-state index contributed by atoms with van der Waals surface area (Å²) in [5.74, 6) is 0.865. The average molecular weight is 273 g/mol. The zero-order valence-electron chi connectivity index (χ0n) is 13.2. The largest absolute Gasteiger partial charge is 0.376 e. The van der Waals surface area contributed by atoms with Gasteiger partial charge in [0.15, 0.2) is 0 Å². The van der Waals surface area contributed by atoms with Crippen LogP contribution in [0.5, 0.6) is 0 Å². The smallest absolute Gasteiger partial charge is 0.0607 e. The van der Waals surface area contributed by atoms with Crippen LogP contribution in [0.1, 0.15) is 26.7 Å². The summed E-state index contributed by atoms with van der Waals surface area (Å²) in [6, 6.07) is 9.32. The van der Waals surface area contributed by atoms with Crippen molar-refractivity contribution >= 4 is 11.4 Å². The summed E-state index contributed by atoms with van der Waals surface area (Å²) in [7, 11) is 4.26. The van der Waals surface area contributed by atoms with E-state index >= 15 is 0 Å². The average Bonchev–Trinajstić information content (AvgIpc) is 3.26. The summed E-state index contributed by atoms with van der Waals surface area (Å²) in [6.07, 6.45) is 2.78. The number of benzene rings is 1. The van der Waals surface area contributed by atoms with Gasteiger partial charge in [-0.25, -0.2) is 0 Å². The van der Waals surface area contributed by atoms with Crippen molar-refractivity contribution in [3.8, 4) is 0 Å². The Bertz CT molecular complexity index is 481. The van der Waals surface area contributed by atoms with Crippen LogP contribution in [0.15, 0.2) is 24.3 Å². The van der Waals surface area contributed by atoms with Crippen LogP contribution < -0.4 is 15.1 Å². The van der Waals surface area contributed by atoms with Gasteiger partial charge in [-0.15, -0.1) is 0 Å². The van der Waals surface area contributed by atoms with Gasteiger partial charge in [-0.2, -0.15) is 0 Å². The molecule has 2 atom stereocenters. The molecule has 1 saturated carbocycles. The fraction of sp³-hybridized carbons (Fsp3) is 0.647. The van der Waals surface area contributed by atoms with Gasteiger partial charge in [0.2, 0.25) is 0 Å². The molecule has 0 amide bonds. The Morgan fingerprint density at radius 1 is 1.25 bits per heavy atom. The van der Waals surface area contributed by atoms with E-state index in [0.717, 1.165) is 19.0 Å². The van der Waals surface area contributed by atoms with Crippen molar-refractivity contribution in [1.82, 2.24) is 5.32 Å². The predicted molar refractivity (Wildman–Crippen MR) is 86.7 cm³/mol. The Balaban J connectivity index is 1.91. The summed E-state index contributed by atoms with van der Waals surface area (Å²) in [6.45, 7) is 6.92. The van der Waals surface area contributed by atoms with E-state index in [2.05, 4.69) is 67.3 Å². The summed E-state index contributed by atoms with van der Waals surface area (Å²) >= 11 is 0. The minimum atomic E-state index is 0.284. The number of rotatable bonds is 3. The van der Waals surface area contributed by atoms with Gasteiger partial charge in [-0.05, 0) is 44.7 Å². The summed E-state index contributed by atoms with van der Waals surface area (Å²) in [5, 5.41) is 3.80. The lowest BCUT2D eigenvalue weighted by molar-refractivity contribution is 0.261. The van der Waals surface area contributed by atoms with Crippen molar-refractivity contribution < 1.29 is 0 Å². The van der Waals surface area contributed by atoms with E-state index in [0.29, 0.717) is 6.04 Å². The molecule has 20 heavy (non-hydrogen) atoms. The van der Waals surface area contributed by atoms with Crippen LogP contribution in [-0.2, 0) is 0 Å². The Labute approximate surface area is 123 Å². The molecular formula is C17H27N3. The van der Waals surface area contributed by atoms with Crippen molar-refractivity contribution in [2.75, 3.05) is 37.0 Å². The van der Waals surface area contributed by atoms with E-state index in [1.54, 1.807) is 0 Å². The Morgan fingerprint density at radius 2 is 1.95 bits per heavy atom. The second-order valence-corrected chi connectivity index (χ2v) is 6.93. The first-order valence-corrected chi connectivity index (χ1v) is 7.79. The highest BCUT2D eigenvalue weighted by Gasteiger charge is 2.45. The molecule has 1 aliphatic carbocycles. The second kappa shape index (κ2) is 4.96. The van der Waals surface area contributed by atoms with E-state index in [-0.39, 0.29) is 5.54 Å². The van der Waals surface area contributed by atoms with E-state index in [1.165, 1.54) is 24.2 Å². The first kappa shape index (κ1) is 13.7. The van der Waals surface area contributed by atoms with Crippen LogP contribution in [0, 0.1) is 5.92 Å². The summed E-state index contributed by atoms with van der Waals surface area (Å²) < 4.78 is 0. The van der Waals surface area contributed by atoms with Crippen molar-refractivity contribution in [1.29, 1.82) is 0 Å². The van der Waals surface area contributed by atoms with Crippen LogP contribution in [0.3, 0.4) is 0 Å². The van der Waals surface area contributed by atoms with Gasteiger partial charge in [-0.1, -0.05) is 12.1 Å². The number of anilines is 2. The van der Waals surface area contributed by atoms with Crippen LogP contribution >= 0.6 is 0 Å². The monoisotopic (exact) mass is 273 g/mol. The van der Waals surface area contributed by atoms with Crippen LogP contribution in [0.4, 0.5) is 11.4 Å². The molecule has 1 N–H and O–H groups in total. The summed E-state index contributed by atoms with van der Waals surface area (Å²) in [5.41, 5.74) is 2.98. The molecule has 0 bridgehead atoms. The first-order valence-electron chi connectivity index (χ1n) is 7.79. The molecule has 2 aliphatic rings. The third-order valence-electron chi connectivity index (χ3n) is 4.98. The van der Waals surface area contributed by atoms with Crippen LogP contribution in [-0.4, -0.2) is 38.8 Å². The molecule has 3 rings (SSSR count). The number of hydrogen-bond donors (Lipinski definition) is 1. The van der Waals surface area contributed by atoms with Crippen LogP contribution in [0.2, 0.25) is 0 Å². The maximum atomic E-state index is 3.80. The number of nitrogens with zero attached hydrogens (tertiary/aromatic N) is 2. The van der Waals surface area contributed by atoms with Crippen molar-refractivity contribution in [2.45, 2.75) is 38.3 Å². The molecule has 3 nitrogen and oxygen atoms in total. The Kier molecular flexibility index (Phi) is 3.41. The lowest BCUT2D eigenvalue weighted by atomic mass is 9.90. The van der Waals surface area contributed by atoms with E-state index in [1.807, 2.05) is 0 Å².